The summed E-state index contributed by atoms with van der Waals surface area (Å²) in [5, 5.41) is 0. The average Bonchev–Trinajstić information content (AvgIpc) is 3.36. The van der Waals surface area contributed by atoms with Crippen LogP contribution in [0.15, 0.2) is 48.6 Å². The fraction of sp³-hybridized carbons (Fsp3) is 0.828. The Labute approximate surface area is 435 Å². The Balaban J connectivity index is 4.17. The van der Waals surface area contributed by atoms with Crippen LogP contribution in [-0.4, -0.2) is 37.2 Å². The van der Waals surface area contributed by atoms with E-state index in [1.54, 1.807) is 0 Å². The van der Waals surface area contributed by atoms with Gasteiger partial charge in [-0.05, 0) is 57.8 Å². The van der Waals surface area contributed by atoms with E-state index in [-0.39, 0.29) is 31.1 Å². The SMILES string of the molecule is CC/C=C\C/C=C\C/C=C\C/C=C\CCCCCCCCCCCCC(=O)OCC(COC(=O)CCCCCCCCCC)OC(=O)CCCCCCCCCCCCCCCCCCCCCCC. The molecule has 0 bridgehead atoms. The smallest absolute Gasteiger partial charge is 0.306 e. The first-order valence-corrected chi connectivity index (χ1v) is 30.6. The first kappa shape index (κ1) is 67.4. The maximum Gasteiger partial charge on any atom is 0.306 e. The molecule has 0 aromatic heterocycles. The minimum absolute atomic E-state index is 0.0700. The molecule has 70 heavy (non-hydrogen) atoms. The number of hydrogen-bond acceptors (Lipinski definition) is 6. The minimum Gasteiger partial charge on any atom is -0.462 e. The van der Waals surface area contributed by atoms with Gasteiger partial charge in [-0.15, -0.1) is 0 Å². The molecule has 0 aliphatic carbocycles. The van der Waals surface area contributed by atoms with Gasteiger partial charge in [-0.1, -0.05) is 294 Å². The highest BCUT2D eigenvalue weighted by atomic mass is 16.6. The normalized spacial score (nSPS) is 12.3. The molecule has 0 saturated carbocycles. The molecule has 1 atom stereocenters. The van der Waals surface area contributed by atoms with E-state index in [0.717, 1.165) is 83.5 Å². The molecule has 0 aliphatic rings. The highest BCUT2D eigenvalue weighted by Gasteiger charge is 2.19. The lowest BCUT2D eigenvalue weighted by Crippen LogP contribution is -2.30. The summed E-state index contributed by atoms with van der Waals surface area (Å²) < 4.78 is 16.9. The van der Waals surface area contributed by atoms with Gasteiger partial charge in [-0.25, -0.2) is 0 Å². The highest BCUT2D eigenvalue weighted by molar-refractivity contribution is 5.71. The molecule has 0 aromatic carbocycles. The summed E-state index contributed by atoms with van der Waals surface area (Å²) in [6.45, 7) is 6.54. The Bertz CT molecular complexity index is 1220. The van der Waals surface area contributed by atoms with Gasteiger partial charge in [-0.2, -0.15) is 0 Å². The van der Waals surface area contributed by atoms with Crippen molar-refractivity contribution in [1.82, 2.24) is 0 Å². The van der Waals surface area contributed by atoms with Crippen LogP contribution in [0.4, 0.5) is 0 Å². The third-order valence-corrected chi connectivity index (χ3v) is 13.6. The van der Waals surface area contributed by atoms with Crippen molar-refractivity contribution in [3.8, 4) is 0 Å². The summed E-state index contributed by atoms with van der Waals surface area (Å²) in [4.78, 5) is 38.1. The second-order valence-corrected chi connectivity index (χ2v) is 20.6. The van der Waals surface area contributed by atoms with Crippen molar-refractivity contribution in [2.45, 2.75) is 329 Å². The Hall–Kier alpha value is -2.63. The average molecular weight is 982 g/mol. The van der Waals surface area contributed by atoms with Gasteiger partial charge in [0, 0.05) is 19.3 Å². The first-order valence-electron chi connectivity index (χ1n) is 30.6. The molecule has 0 amide bonds. The number of carbonyl (C=O) groups is 3. The minimum atomic E-state index is -0.770. The zero-order chi connectivity index (χ0) is 50.7. The monoisotopic (exact) mass is 981 g/mol. The van der Waals surface area contributed by atoms with Crippen LogP contribution in [0.3, 0.4) is 0 Å². The van der Waals surface area contributed by atoms with E-state index in [1.807, 2.05) is 0 Å². The van der Waals surface area contributed by atoms with Crippen LogP contribution in [-0.2, 0) is 28.6 Å². The number of rotatable bonds is 56. The van der Waals surface area contributed by atoms with E-state index in [1.165, 1.54) is 199 Å². The highest BCUT2D eigenvalue weighted by Crippen LogP contribution is 2.17. The molecule has 6 nitrogen and oxygen atoms in total. The van der Waals surface area contributed by atoms with Gasteiger partial charge in [-0.3, -0.25) is 14.4 Å². The third-order valence-electron chi connectivity index (χ3n) is 13.6. The summed E-state index contributed by atoms with van der Waals surface area (Å²) >= 11 is 0. The first-order chi connectivity index (χ1) is 34.5. The second kappa shape index (κ2) is 58.9. The van der Waals surface area contributed by atoms with Gasteiger partial charge >= 0.3 is 17.9 Å². The Morgan fingerprint density at radius 1 is 0.300 bits per heavy atom. The van der Waals surface area contributed by atoms with Crippen molar-refractivity contribution in [1.29, 1.82) is 0 Å². The predicted octanol–water partition coefficient (Wildman–Crippen LogP) is 20.6. The molecule has 0 spiro atoms. The quantitative estimate of drug-likeness (QED) is 0.0261. The lowest BCUT2D eigenvalue weighted by molar-refractivity contribution is -0.167. The van der Waals surface area contributed by atoms with Crippen LogP contribution >= 0.6 is 0 Å². The molecule has 408 valence electrons. The van der Waals surface area contributed by atoms with E-state index in [4.69, 9.17) is 14.2 Å². The van der Waals surface area contributed by atoms with Crippen molar-refractivity contribution in [2.24, 2.45) is 0 Å². The lowest BCUT2D eigenvalue weighted by atomic mass is 10.0. The van der Waals surface area contributed by atoms with Crippen molar-refractivity contribution in [3.63, 3.8) is 0 Å². The Kier molecular flexibility index (Phi) is 56.7. The van der Waals surface area contributed by atoms with E-state index in [9.17, 15) is 14.4 Å². The van der Waals surface area contributed by atoms with Crippen molar-refractivity contribution in [2.75, 3.05) is 13.2 Å². The molecule has 0 rings (SSSR count). The maximum absolute atomic E-state index is 12.9. The zero-order valence-corrected chi connectivity index (χ0v) is 46.8. The van der Waals surface area contributed by atoms with Gasteiger partial charge in [0.2, 0.25) is 0 Å². The lowest BCUT2D eigenvalue weighted by Gasteiger charge is -2.18. The summed E-state index contributed by atoms with van der Waals surface area (Å²) in [5.41, 5.74) is 0. The molecule has 0 fully saturated rings. The summed E-state index contributed by atoms with van der Waals surface area (Å²) in [6, 6.07) is 0. The molecule has 1 unspecified atom stereocenters. The van der Waals surface area contributed by atoms with E-state index < -0.39 is 6.10 Å². The van der Waals surface area contributed by atoms with Crippen LogP contribution in [0, 0.1) is 0 Å². The van der Waals surface area contributed by atoms with Crippen LogP contribution < -0.4 is 0 Å². The number of esters is 3. The van der Waals surface area contributed by atoms with E-state index in [2.05, 4.69) is 69.4 Å². The Morgan fingerprint density at radius 3 is 0.871 bits per heavy atom. The van der Waals surface area contributed by atoms with Gasteiger partial charge < -0.3 is 14.2 Å². The van der Waals surface area contributed by atoms with E-state index >= 15 is 0 Å². The Morgan fingerprint density at radius 2 is 0.557 bits per heavy atom. The number of ether oxygens (including phenoxy) is 3. The molecule has 0 aliphatic heterocycles. The fourth-order valence-corrected chi connectivity index (χ4v) is 9.02. The number of hydrogen-bond donors (Lipinski definition) is 0. The molecule has 0 N–H and O–H groups in total. The van der Waals surface area contributed by atoms with Gasteiger partial charge in [0.25, 0.3) is 0 Å². The largest absolute Gasteiger partial charge is 0.462 e. The van der Waals surface area contributed by atoms with Crippen molar-refractivity contribution < 1.29 is 28.6 Å². The number of allylic oxidation sites excluding steroid dienone is 8. The fourth-order valence-electron chi connectivity index (χ4n) is 9.02. The van der Waals surface area contributed by atoms with Crippen LogP contribution in [0.25, 0.3) is 0 Å². The third kappa shape index (κ3) is 56.3. The zero-order valence-electron chi connectivity index (χ0n) is 46.8. The van der Waals surface area contributed by atoms with Crippen molar-refractivity contribution >= 4 is 17.9 Å². The molecule has 0 saturated heterocycles. The summed E-state index contributed by atoms with van der Waals surface area (Å²) in [6.07, 6.45) is 72.7. The number of unbranched alkanes of at least 4 members (excludes halogenated alkanes) is 37. The van der Waals surface area contributed by atoms with Crippen LogP contribution in [0.2, 0.25) is 0 Å². The summed E-state index contributed by atoms with van der Waals surface area (Å²) in [5.74, 6) is -0.860. The molecule has 0 aromatic rings. The molecule has 6 heteroatoms. The van der Waals surface area contributed by atoms with Crippen molar-refractivity contribution in [3.05, 3.63) is 48.6 Å². The predicted molar refractivity (Wildman–Crippen MR) is 302 cm³/mol. The van der Waals surface area contributed by atoms with Gasteiger partial charge in [0.05, 0.1) is 0 Å². The standard InChI is InChI=1S/C64H116O6/c1-4-7-10-13-16-19-21-23-25-27-29-31-32-34-35-37-39-41-43-45-48-51-54-57-63(66)69-60-61(59-68-62(65)56-53-50-47-18-15-12-9-6-3)70-64(67)58-55-52-49-46-44-42-40-38-36-33-30-28-26-24-22-20-17-14-11-8-5-2/h7,10,16,19,23,25,29,31,61H,4-6,8-9,11-15,17-18,20-22,24,26-28,30,32-60H2,1-3H3/b10-7-,19-16-,25-23-,31-29-. The van der Waals surface area contributed by atoms with Gasteiger partial charge in [0.1, 0.15) is 13.2 Å². The van der Waals surface area contributed by atoms with Gasteiger partial charge in [0.15, 0.2) is 6.10 Å². The maximum atomic E-state index is 12.9. The summed E-state index contributed by atoms with van der Waals surface area (Å²) in [7, 11) is 0. The van der Waals surface area contributed by atoms with Crippen LogP contribution in [0.5, 0.6) is 0 Å². The molecular formula is C64H116O6. The second-order valence-electron chi connectivity index (χ2n) is 20.6. The molecular weight excluding hydrogens is 865 g/mol. The topological polar surface area (TPSA) is 78.9 Å². The molecule has 0 radical (unpaired) electrons. The molecule has 0 heterocycles. The number of carbonyl (C=O) groups excluding carboxylic acids is 3. The van der Waals surface area contributed by atoms with E-state index in [0.29, 0.717) is 19.3 Å². The van der Waals surface area contributed by atoms with Crippen LogP contribution in [0.1, 0.15) is 323 Å².